The largest absolute Gasteiger partial charge is 0.492 e. The van der Waals surface area contributed by atoms with E-state index in [2.05, 4.69) is 15.7 Å². The smallest absolute Gasteiger partial charge is 0.413 e. The molecule has 1 aliphatic carbocycles. The third-order valence-corrected chi connectivity index (χ3v) is 4.54. The van der Waals surface area contributed by atoms with Crippen LogP contribution >= 0.6 is 0 Å². The van der Waals surface area contributed by atoms with Gasteiger partial charge in [0.15, 0.2) is 23.3 Å². The molecule has 0 bridgehead atoms. The fraction of sp³-hybridized carbons (Fsp3) is 0.571. The molecular formula is C21H29N5O6. The van der Waals surface area contributed by atoms with Crippen molar-refractivity contribution in [2.45, 2.75) is 72.6 Å². The Morgan fingerprint density at radius 2 is 1.84 bits per heavy atom. The zero-order chi connectivity index (χ0) is 24.0. The SMILES string of the molecule is CC(C)(C)Cn1c(=O)c(C(=O)NC2CC2)c(O)n2nc(NC(=O)OC(C)(C)C)c(C=O)c12. The monoisotopic (exact) mass is 447 g/mol. The number of carbonyl (C=O) groups is 3. The lowest BCUT2D eigenvalue weighted by atomic mass is 9.96. The third-order valence-electron chi connectivity index (χ3n) is 4.54. The van der Waals surface area contributed by atoms with Crippen molar-refractivity contribution in [1.29, 1.82) is 0 Å². The third kappa shape index (κ3) is 4.92. The van der Waals surface area contributed by atoms with Gasteiger partial charge < -0.3 is 15.2 Å². The number of rotatable bonds is 5. The van der Waals surface area contributed by atoms with Crippen molar-refractivity contribution in [2.24, 2.45) is 5.41 Å². The van der Waals surface area contributed by atoms with E-state index in [-0.39, 0.29) is 29.6 Å². The molecule has 0 saturated heterocycles. The Bertz CT molecular complexity index is 1140. The number of ether oxygens (including phenoxy) is 1. The number of aromatic nitrogens is 3. The second-order valence-electron chi connectivity index (χ2n) is 10.1. The van der Waals surface area contributed by atoms with Crippen LogP contribution in [-0.2, 0) is 11.3 Å². The Morgan fingerprint density at radius 1 is 1.22 bits per heavy atom. The summed E-state index contributed by atoms with van der Waals surface area (Å²) in [5, 5.41) is 20.0. The summed E-state index contributed by atoms with van der Waals surface area (Å²) < 4.78 is 7.35. The topological polar surface area (TPSA) is 144 Å². The molecule has 0 atom stereocenters. The molecule has 3 N–H and O–H groups in total. The van der Waals surface area contributed by atoms with E-state index in [9.17, 15) is 24.3 Å². The number of amides is 2. The average Bonchev–Trinajstić information content (AvgIpc) is 3.35. The molecule has 11 heteroatoms. The van der Waals surface area contributed by atoms with Crippen LogP contribution in [-0.4, -0.2) is 49.2 Å². The van der Waals surface area contributed by atoms with Gasteiger partial charge in [0, 0.05) is 12.6 Å². The molecule has 11 nitrogen and oxygen atoms in total. The van der Waals surface area contributed by atoms with Crippen molar-refractivity contribution in [3.8, 4) is 5.88 Å². The highest BCUT2D eigenvalue weighted by molar-refractivity contribution is 5.99. The fourth-order valence-electron chi connectivity index (χ4n) is 3.17. The molecule has 0 aliphatic heterocycles. The zero-order valence-corrected chi connectivity index (χ0v) is 19.1. The van der Waals surface area contributed by atoms with Gasteiger partial charge in [-0.15, -0.1) is 5.10 Å². The van der Waals surface area contributed by atoms with Gasteiger partial charge in [0.1, 0.15) is 11.2 Å². The van der Waals surface area contributed by atoms with Gasteiger partial charge in [-0.05, 0) is 39.0 Å². The number of hydrogen-bond donors (Lipinski definition) is 3. The molecule has 1 aliphatic rings. The molecule has 2 aromatic heterocycles. The molecule has 3 rings (SSSR count). The van der Waals surface area contributed by atoms with Gasteiger partial charge in [-0.3, -0.25) is 24.3 Å². The van der Waals surface area contributed by atoms with Crippen LogP contribution in [0.3, 0.4) is 0 Å². The number of carbonyl (C=O) groups excluding carboxylic acids is 3. The predicted molar refractivity (Wildman–Crippen MR) is 116 cm³/mol. The standard InChI is InChI=1S/C21H29N5O6/c1-20(2,3)10-25-16-12(9-27)14(23-19(31)32-21(4,5)6)24-26(16)18(30)13(17(25)29)15(28)22-11-7-8-11/h9,11,30H,7-8,10H2,1-6H3,(H,22,28)(H,23,24,31). The van der Waals surface area contributed by atoms with Crippen molar-refractivity contribution in [3.63, 3.8) is 0 Å². The second kappa shape index (κ2) is 7.95. The van der Waals surface area contributed by atoms with Crippen LogP contribution in [0.4, 0.5) is 10.6 Å². The van der Waals surface area contributed by atoms with E-state index in [0.717, 1.165) is 17.4 Å². The first-order valence-corrected chi connectivity index (χ1v) is 10.4. The molecule has 1 saturated carbocycles. The Morgan fingerprint density at radius 3 is 2.34 bits per heavy atom. The normalized spacial score (nSPS) is 14.3. The Hall–Kier alpha value is -3.37. The summed E-state index contributed by atoms with van der Waals surface area (Å²) in [6.07, 6.45) is 1.16. The quantitative estimate of drug-likeness (QED) is 0.597. The molecule has 0 radical (unpaired) electrons. The van der Waals surface area contributed by atoms with E-state index in [1.54, 1.807) is 20.8 Å². The highest BCUT2D eigenvalue weighted by Gasteiger charge is 2.32. The number of hydrogen-bond acceptors (Lipinski definition) is 7. The lowest BCUT2D eigenvalue weighted by Crippen LogP contribution is -2.37. The maximum Gasteiger partial charge on any atom is 0.413 e. The summed E-state index contributed by atoms with van der Waals surface area (Å²) in [4.78, 5) is 50.2. The molecular weight excluding hydrogens is 418 g/mol. The number of anilines is 1. The number of fused-ring (bicyclic) bond motifs is 1. The lowest BCUT2D eigenvalue weighted by molar-refractivity contribution is 0.0635. The first kappa shape index (κ1) is 23.3. The van der Waals surface area contributed by atoms with Crippen molar-refractivity contribution in [2.75, 3.05) is 5.32 Å². The summed E-state index contributed by atoms with van der Waals surface area (Å²) in [5.41, 5.74) is -2.61. The number of nitrogens with one attached hydrogen (secondary N) is 2. The van der Waals surface area contributed by atoms with E-state index < -0.39 is 40.0 Å². The van der Waals surface area contributed by atoms with Gasteiger partial charge in [0.25, 0.3) is 11.5 Å². The van der Waals surface area contributed by atoms with Crippen LogP contribution in [0.25, 0.3) is 5.65 Å². The van der Waals surface area contributed by atoms with E-state index in [4.69, 9.17) is 4.74 Å². The zero-order valence-electron chi connectivity index (χ0n) is 19.1. The molecule has 2 amide bonds. The predicted octanol–water partition coefficient (Wildman–Crippen LogP) is 2.30. The summed E-state index contributed by atoms with van der Waals surface area (Å²) >= 11 is 0. The van der Waals surface area contributed by atoms with Crippen LogP contribution in [0, 0.1) is 5.41 Å². The number of nitrogens with zero attached hydrogens (tertiary/aromatic N) is 3. The Labute approximate surface area is 184 Å². The minimum atomic E-state index is -0.861. The van der Waals surface area contributed by atoms with Crippen LogP contribution in [0.15, 0.2) is 4.79 Å². The van der Waals surface area contributed by atoms with E-state index >= 15 is 0 Å². The molecule has 2 aromatic rings. The molecule has 2 heterocycles. The molecule has 0 spiro atoms. The Balaban J connectivity index is 2.22. The molecule has 0 unspecified atom stereocenters. The first-order valence-electron chi connectivity index (χ1n) is 10.4. The molecule has 32 heavy (non-hydrogen) atoms. The van der Waals surface area contributed by atoms with Gasteiger partial charge in [-0.1, -0.05) is 20.8 Å². The van der Waals surface area contributed by atoms with Crippen molar-refractivity contribution >= 4 is 29.8 Å². The highest BCUT2D eigenvalue weighted by atomic mass is 16.6. The maximum absolute atomic E-state index is 13.3. The van der Waals surface area contributed by atoms with E-state index in [1.165, 1.54) is 4.57 Å². The fourth-order valence-corrected chi connectivity index (χ4v) is 3.17. The van der Waals surface area contributed by atoms with Gasteiger partial charge in [-0.2, -0.15) is 4.52 Å². The summed E-state index contributed by atoms with van der Waals surface area (Å²) in [7, 11) is 0. The second-order valence-corrected chi connectivity index (χ2v) is 10.1. The minimum absolute atomic E-state index is 0.0357. The van der Waals surface area contributed by atoms with Gasteiger partial charge in [-0.25, -0.2) is 4.79 Å². The lowest BCUT2D eigenvalue weighted by Gasteiger charge is -2.22. The Kier molecular flexibility index (Phi) is 5.79. The number of aldehydes is 1. The van der Waals surface area contributed by atoms with Crippen molar-refractivity contribution in [1.82, 2.24) is 19.5 Å². The van der Waals surface area contributed by atoms with Gasteiger partial charge in [0.2, 0.25) is 5.88 Å². The molecule has 174 valence electrons. The summed E-state index contributed by atoms with van der Waals surface area (Å²) in [5.74, 6) is -1.63. The van der Waals surface area contributed by atoms with Crippen LogP contribution in [0.5, 0.6) is 5.88 Å². The minimum Gasteiger partial charge on any atom is -0.492 e. The average molecular weight is 447 g/mol. The maximum atomic E-state index is 13.3. The van der Waals surface area contributed by atoms with Crippen molar-refractivity contribution in [3.05, 3.63) is 21.5 Å². The van der Waals surface area contributed by atoms with Crippen LogP contribution in [0.2, 0.25) is 0 Å². The van der Waals surface area contributed by atoms with Gasteiger partial charge >= 0.3 is 6.09 Å². The summed E-state index contributed by atoms with van der Waals surface area (Å²) in [6, 6.07) is -0.0411. The first-order chi connectivity index (χ1) is 14.7. The number of aromatic hydroxyl groups is 1. The van der Waals surface area contributed by atoms with E-state index in [1.807, 2.05) is 20.8 Å². The van der Waals surface area contributed by atoms with Crippen LogP contribution in [0.1, 0.15) is 75.1 Å². The van der Waals surface area contributed by atoms with Crippen molar-refractivity contribution < 1.29 is 24.2 Å². The van der Waals surface area contributed by atoms with Gasteiger partial charge in [0.05, 0.1) is 0 Å². The molecule has 0 aromatic carbocycles. The van der Waals surface area contributed by atoms with E-state index in [0.29, 0.717) is 6.29 Å². The van der Waals surface area contributed by atoms with Crippen LogP contribution < -0.4 is 16.2 Å². The highest BCUT2D eigenvalue weighted by Crippen LogP contribution is 2.27. The molecule has 1 fully saturated rings. The summed E-state index contributed by atoms with van der Waals surface area (Å²) in [6.45, 7) is 10.8.